The molecule has 2 N–H and O–H groups in total. The van der Waals surface area contributed by atoms with Crippen molar-refractivity contribution in [2.75, 3.05) is 5.32 Å². The summed E-state index contributed by atoms with van der Waals surface area (Å²) in [4.78, 5) is 3.73. The first-order valence-corrected chi connectivity index (χ1v) is 5.76. The highest BCUT2D eigenvalue weighted by atomic mass is 79.9. The van der Waals surface area contributed by atoms with Gasteiger partial charge in [0.15, 0.2) is 0 Å². The van der Waals surface area contributed by atoms with Crippen LogP contribution in [0.2, 0.25) is 0 Å². The Kier molecular flexibility index (Phi) is 3.58. The number of phenolic OH excluding ortho intramolecular Hbond substituents is 1. The molecule has 0 bridgehead atoms. The van der Waals surface area contributed by atoms with Crippen LogP contribution in [0.15, 0.2) is 41.1 Å². The monoisotopic (exact) mass is 296 g/mol. The van der Waals surface area contributed by atoms with E-state index >= 15 is 0 Å². The fourth-order valence-electron chi connectivity index (χ4n) is 1.40. The molecule has 0 saturated carbocycles. The van der Waals surface area contributed by atoms with Crippen LogP contribution in [-0.4, -0.2) is 10.1 Å². The first-order chi connectivity index (χ1) is 8.15. The Morgan fingerprint density at radius 3 is 2.88 bits per heavy atom. The largest absolute Gasteiger partial charge is 0.508 e. The summed E-state index contributed by atoms with van der Waals surface area (Å²) < 4.78 is 13.8. The topological polar surface area (TPSA) is 45.1 Å². The van der Waals surface area contributed by atoms with Gasteiger partial charge in [-0.1, -0.05) is 15.9 Å². The summed E-state index contributed by atoms with van der Waals surface area (Å²) in [6.07, 6.45) is 2.67. The van der Waals surface area contributed by atoms with Gasteiger partial charge in [0.2, 0.25) is 0 Å². The maximum atomic E-state index is 12.9. The molecule has 1 aromatic heterocycles. The molecule has 0 spiro atoms. The van der Waals surface area contributed by atoms with E-state index in [-0.39, 0.29) is 5.75 Å². The highest BCUT2D eigenvalue weighted by Crippen LogP contribution is 2.22. The van der Waals surface area contributed by atoms with Crippen molar-refractivity contribution in [2.24, 2.45) is 0 Å². The lowest BCUT2D eigenvalue weighted by Crippen LogP contribution is -2.00. The molecule has 2 rings (SSSR count). The van der Waals surface area contributed by atoms with Gasteiger partial charge in [-0.2, -0.15) is 0 Å². The van der Waals surface area contributed by atoms with Gasteiger partial charge in [0, 0.05) is 22.6 Å². The number of aromatic nitrogens is 1. The summed E-state index contributed by atoms with van der Waals surface area (Å²) in [6, 6.07) is 6.50. The van der Waals surface area contributed by atoms with Gasteiger partial charge in [0.1, 0.15) is 11.6 Å². The summed E-state index contributed by atoms with van der Waals surface area (Å²) in [5, 5.41) is 12.6. The maximum Gasteiger partial charge on any atom is 0.143 e. The van der Waals surface area contributed by atoms with Crippen molar-refractivity contribution in [3.63, 3.8) is 0 Å². The van der Waals surface area contributed by atoms with Crippen molar-refractivity contribution in [2.45, 2.75) is 6.54 Å². The second-order valence-electron chi connectivity index (χ2n) is 3.52. The molecule has 0 unspecified atom stereocenters. The second kappa shape index (κ2) is 5.14. The number of nitrogens with zero attached hydrogens (tertiary/aromatic N) is 1. The second-order valence-corrected chi connectivity index (χ2v) is 4.43. The molecule has 17 heavy (non-hydrogen) atoms. The molecule has 5 heteroatoms. The van der Waals surface area contributed by atoms with E-state index in [1.807, 2.05) is 0 Å². The quantitative estimate of drug-likeness (QED) is 0.913. The van der Waals surface area contributed by atoms with Crippen molar-refractivity contribution in [3.8, 4) is 5.75 Å². The highest BCUT2D eigenvalue weighted by Gasteiger charge is 2.02. The van der Waals surface area contributed by atoms with Crippen molar-refractivity contribution in [1.82, 2.24) is 4.98 Å². The molecule has 3 nitrogen and oxygen atoms in total. The van der Waals surface area contributed by atoms with Crippen molar-refractivity contribution in [1.29, 1.82) is 0 Å². The Labute approximate surface area is 106 Å². The van der Waals surface area contributed by atoms with Gasteiger partial charge < -0.3 is 10.4 Å². The molecule has 0 aliphatic carbocycles. The molecule has 0 radical (unpaired) electrons. The lowest BCUT2D eigenvalue weighted by atomic mass is 10.2. The van der Waals surface area contributed by atoms with Crippen molar-refractivity contribution >= 4 is 21.6 Å². The number of benzene rings is 1. The Hall–Kier alpha value is -1.62. The number of hydrogen-bond acceptors (Lipinski definition) is 3. The highest BCUT2D eigenvalue weighted by molar-refractivity contribution is 9.10. The number of rotatable bonds is 3. The predicted octanol–water partition coefficient (Wildman–Crippen LogP) is 3.30. The fourth-order valence-corrected chi connectivity index (χ4v) is 1.81. The third-order valence-corrected chi connectivity index (χ3v) is 2.72. The average molecular weight is 297 g/mol. The number of pyridine rings is 1. The van der Waals surface area contributed by atoms with Gasteiger partial charge in [-0.3, -0.25) is 4.98 Å². The Morgan fingerprint density at radius 2 is 2.12 bits per heavy atom. The van der Waals surface area contributed by atoms with E-state index in [1.54, 1.807) is 18.2 Å². The number of nitrogens with one attached hydrogen (secondary N) is 1. The van der Waals surface area contributed by atoms with E-state index in [0.29, 0.717) is 12.2 Å². The zero-order chi connectivity index (χ0) is 12.3. The minimum Gasteiger partial charge on any atom is -0.508 e. The van der Waals surface area contributed by atoms with E-state index in [9.17, 15) is 9.50 Å². The molecular weight excluding hydrogens is 287 g/mol. The molecule has 88 valence electrons. The first-order valence-electron chi connectivity index (χ1n) is 4.97. The lowest BCUT2D eigenvalue weighted by Gasteiger charge is -2.08. The first kappa shape index (κ1) is 11.9. The Morgan fingerprint density at radius 1 is 1.29 bits per heavy atom. The molecular formula is C12H10BrFN2O. The van der Waals surface area contributed by atoms with Crippen LogP contribution in [0.4, 0.5) is 10.1 Å². The summed E-state index contributed by atoms with van der Waals surface area (Å²) in [5.74, 6) is -0.196. The molecule has 0 aliphatic heterocycles. The van der Waals surface area contributed by atoms with Crippen molar-refractivity contribution in [3.05, 3.63) is 52.5 Å². The third kappa shape index (κ3) is 3.17. The average Bonchev–Trinajstić information content (AvgIpc) is 2.30. The molecule has 0 aliphatic rings. The zero-order valence-electron chi connectivity index (χ0n) is 8.82. The van der Waals surface area contributed by atoms with Crippen LogP contribution < -0.4 is 5.32 Å². The summed E-state index contributed by atoms with van der Waals surface area (Å²) in [7, 11) is 0. The summed E-state index contributed by atoms with van der Waals surface area (Å²) in [6.45, 7) is 0.399. The summed E-state index contributed by atoms with van der Waals surface area (Å²) in [5.41, 5.74) is 1.30. The fraction of sp³-hybridized carbons (Fsp3) is 0.0833. The number of halogens is 2. The molecule has 1 heterocycles. The normalized spacial score (nSPS) is 10.2. The zero-order valence-corrected chi connectivity index (χ0v) is 10.4. The van der Waals surface area contributed by atoms with E-state index in [0.717, 1.165) is 16.2 Å². The van der Waals surface area contributed by atoms with E-state index in [1.165, 1.54) is 12.3 Å². The minimum absolute atomic E-state index is 0.199. The summed E-state index contributed by atoms with van der Waals surface area (Å²) >= 11 is 3.32. The molecule has 0 fully saturated rings. The van der Waals surface area contributed by atoms with Crippen LogP contribution in [-0.2, 0) is 6.54 Å². The van der Waals surface area contributed by atoms with Gasteiger partial charge in [-0.05, 0) is 18.2 Å². The van der Waals surface area contributed by atoms with Gasteiger partial charge in [0.25, 0.3) is 0 Å². The van der Waals surface area contributed by atoms with Crippen LogP contribution in [0.1, 0.15) is 5.56 Å². The van der Waals surface area contributed by atoms with E-state index < -0.39 is 5.82 Å². The van der Waals surface area contributed by atoms with E-state index in [2.05, 4.69) is 26.2 Å². The SMILES string of the molecule is Oc1ccc(Br)cc1CNc1cncc(F)c1. The Bertz CT molecular complexity index is 534. The van der Waals surface area contributed by atoms with Gasteiger partial charge in [-0.15, -0.1) is 0 Å². The van der Waals surface area contributed by atoms with Crippen LogP contribution >= 0.6 is 15.9 Å². The molecule has 0 saturated heterocycles. The van der Waals surface area contributed by atoms with Crippen molar-refractivity contribution < 1.29 is 9.50 Å². The maximum absolute atomic E-state index is 12.9. The molecule has 1 aromatic carbocycles. The molecule has 0 atom stereocenters. The number of anilines is 1. The number of phenols is 1. The molecule has 2 aromatic rings. The number of hydrogen-bond donors (Lipinski definition) is 2. The van der Waals surface area contributed by atoms with Crippen LogP contribution in [0.3, 0.4) is 0 Å². The van der Waals surface area contributed by atoms with Gasteiger partial charge in [-0.25, -0.2) is 4.39 Å². The van der Waals surface area contributed by atoms with Crippen LogP contribution in [0.5, 0.6) is 5.75 Å². The van der Waals surface area contributed by atoms with E-state index in [4.69, 9.17) is 0 Å². The lowest BCUT2D eigenvalue weighted by molar-refractivity contribution is 0.469. The third-order valence-electron chi connectivity index (χ3n) is 2.23. The van der Waals surface area contributed by atoms with Crippen LogP contribution in [0, 0.1) is 5.82 Å². The smallest absolute Gasteiger partial charge is 0.143 e. The van der Waals surface area contributed by atoms with Crippen LogP contribution in [0.25, 0.3) is 0 Å². The standard InChI is InChI=1S/C12H10BrFN2O/c13-9-1-2-12(17)8(3-9)5-16-11-4-10(14)6-15-7-11/h1-4,6-7,16-17H,5H2. The molecule has 0 amide bonds. The van der Waals surface area contributed by atoms with Gasteiger partial charge >= 0.3 is 0 Å². The van der Waals surface area contributed by atoms with Gasteiger partial charge in [0.05, 0.1) is 18.1 Å². The predicted molar refractivity (Wildman–Crippen MR) is 67.3 cm³/mol. The minimum atomic E-state index is -0.395. The Balaban J connectivity index is 2.09. The number of aromatic hydroxyl groups is 1.